The summed E-state index contributed by atoms with van der Waals surface area (Å²) in [6.45, 7) is 4.48. The van der Waals surface area contributed by atoms with Crippen LogP contribution < -0.4 is 4.72 Å². The Labute approximate surface area is 108 Å². The van der Waals surface area contributed by atoms with Crippen molar-refractivity contribution < 1.29 is 8.42 Å². The first-order valence-electron chi connectivity index (χ1n) is 5.67. The van der Waals surface area contributed by atoms with Gasteiger partial charge in [-0.2, -0.15) is 0 Å². The van der Waals surface area contributed by atoms with Crippen molar-refractivity contribution in [2.24, 2.45) is 0 Å². The number of rotatable bonds is 6. The van der Waals surface area contributed by atoms with Crippen LogP contribution in [0.1, 0.15) is 31.7 Å². The molecule has 0 aliphatic rings. The van der Waals surface area contributed by atoms with Gasteiger partial charge in [0, 0.05) is 12.4 Å². The maximum Gasteiger partial charge on any atom is 0.240 e. The molecule has 0 fully saturated rings. The third-order valence-electron chi connectivity index (χ3n) is 2.76. The molecule has 0 heterocycles. The van der Waals surface area contributed by atoms with E-state index in [-0.39, 0.29) is 17.3 Å². The van der Waals surface area contributed by atoms with E-state index in [4.69, 9.17) is 11.6 Å². The third kappa shape index (κ3) is 3.98. The molecular weight excluding hydrogens is 258 g/mol. The second-order valence-corrected chi connectivity index (χ2v) is 6.11. The van der Waals surface area contributed by atoms with E-state index in [9.17, 15) is 8.42 Å². The van der Waals surface area contributed by atoms with E-state index in [0.29, 0.717) is 5.92 Å². The molecule has 0 amide bonds. The first-order chi connectivity index (χ1) is 8.01. The number of halogens is 1. The lowest BCUT2D eigenvalue weighted by molar-refractivity contribution is 0.584. The number of alkyl halides is 1. The van der Waals surface area contributed by atoms with Gasteiger partial charge in [0.15, 0.2) is 0 Å². The predicted octanol–water partition coefficient (Wildman–Crippen LogP) is 2.72. The van der Waals surface area contributed by atoms with Crippen LogP contribution in [0, 0.1) is 0 Å². The van der Waals surface area contributed by atoms with Gasteiger partial charge in [0.05, 0.1) is 4.90 Å². The lowest BCUT2D eigenvalue weighted by Crippen LogP contribution is -2.25. The van der Waals surface area contributed by atoms with Crippen molar-refractivity contribution in [3.8, 4) is 0 Å². The van der Waals surface area contributed by atoms with Crippen molar-refractivity contribution in [1.29, 1.82) is 0 Å². The number of nitrogens with one attached hydrogen (secondary N) is 1. The Balaban J connectivity index is 2.87. The summed E-state index contributed by atoms with van der Waals surface area (Å²) >= 11 is 5.45. The van der Waals surface area contributed by atoms with Gasteiger partial charge >= 0.3 is 0 Å². The SMILES string of the molecule is CCC(C)c1ccc(S(=O)(=O)NCCCl)cc1. The van der Waals surface area contributed by atoms with Crippen LogP contribution in [0.15, 0.2) is 29.2 Å². The van der Waals surface area contributed by atoms with Gasteiger partial charge in [0.2, 0.25) is 10.0 Å². The molecule has 1 unspecified atom stereocenters. The minimum Gasteiger partial charge on any atom is -0.210 e. The lowest BCUT2D eigenvalue weighted by Gasteiger charge is -2.10. The topological polar surface area (TPSA) is 46.2 Å². The summed E-state index contributed by atoms with van der Waals surface area (Å²) in [5, 5.41) is 0. The van der Waals surface area contributed by atoms with Crippen molar-refractivity contribution in [1.82, 2.24) is 4.72 Å². The quantitative estimate of drug-likeness (QED) is 0.812. The van der Waals surface area contributed by atoms with E-state index in [1.807, 2.05) is 12.1 Å². The van der Waals surface area contributed by atoms with E-state index in [1.54, 1.807) is 12.1 Å². The molecule has 1 aromatic rings. The molecule has 1 atom stereocenters. The average Bonchev–Trinajstić information content (AvgIpc) is 2.35. The Hall–Kier alpha value is -0.580. The highest BCUT2D eigenvalue weighted by atomic mass is 35.5. The van der Waals surface area contributed by atoms with E-state index in [2.05, 4.69) is 18.6 Å². The van der Waals surface area contributed by atoms with Gasteiger partial charge in [-0.15, -0.1) is 11.6 Å². The van der Waals surface area contributed by atoms with E-state index >= 15 is 0 Å². The standard InChI is InChI=1S/C12H18ClNO2S/c1-3-10(2)11-4-6-12(7-5-11)17(15,16)14-9-8-13/h4-7,10,14H,3,8-9H2,1-2H3. The summed E-state index contributed by atoms with van der Waals surface area (Å²) in [6.07, 6.45) is 1.04. The molecule has 0 aliphatic carbocycles. The van der Waals surface area contributed by atoms with Gasteiger partial charge in [-0.25, -0.2) is 13.1 Å². The Bertz CT molecular complexity index is 442. The highest BCUT2D eigenvalue weighted by Gasteiger charge is 2.13. The van der Waals surface area contributed by atoms with Gasteiger partial charge in [-0.3, -0.25) is 0 Å². The fraction of sp³-hybridized carbons (Fsp3) is 0.500. The Morgan fingerprint density at radius 1 is 1.29 bits per heavy atom. The monoisotopic (exact) mass is 275 g/mol. The fourth-order valence-corrected chi connectivity index (χ4v) is 2.71. The molecule has 0 aliphatic heterocycles. The number of hydrogen-bond acceptors (Lipinski definition) is 2. The van der Waals surface area contributed by atoms with Crippen molar-refractivity contribution >= 4 is 21.6 Å². The second kappa shape index (κ2) is 6.38. The Kier molecular flexibility index (Phi) is 5.43. The molecule has 0 saturated carbocycles. The first-order valence-corrected chi connectivity index (χ1v) is 7.68. The van der Waals surface area contributed by atoms with Gasteiger partial charge < -0.3 is 0 Å². The van der Waals surface area contributed by atoms with Crippen LogP contribution in [0.3, 0.4) is 0 Å². The number of benzene rings is 1. The van der Waals surface area contributed by atoms with Crippen molar-refractivity contribution in [3.63, 3.8) is 0 Å². The lowest BCUT2D eigenvalue weighted by atomic mass is 9.99. The van der Waals surface area contributed by atoms with Gasteiger partial charge in [-0.1, -0.05) is 26.0 Å². The summed E-state index contributed by atoms with van der Waals surface area (Å²) in [7, 11) is -3.41. The van der Waals surface area contributed by atoms with Crippen molar-refractivity contribution in [3.05, 3.63) is 29.8 Å². The van der Waals surface area contributed by atoms with E-state index in [1.165, 1.54) is 0 Å². The molecule has 1 rings (SSSR count). The zero-order valence-electron chi connectivity index (χ0n) is 10.1. The smallest absolute Gasteiger partial charge is 0.210 e. The van der Waals surface area contributed by atoms with Gasteiger partial charge in [-0.05, 0) is 30.0 Å². The zero-order chi connectivity index (χ0) is 12.9. The second-order valence-electron chi connectivity index (χ2n) is 3.97. The van der Waals surface area contributed by atoms with E-state index < -0.39 is 10.0 Å². The van der Waals surface area contributed by atoms with Crippen LogP contribution in [-0.4, -0.2) is 20.8 Å². The first kappa shape index (κ1) is 14.5. The summed E-state index contributed by atoms with van der Waals surface area (Å²) in [5.41, 5.74) is 1.16. The number of hydrogen-bond donors (Lipinski definition) is 1. The number of sulfonamides is 1. The summed E-state index contributed by atoms with van der Waals surface area (Å²) in [6, 6.07) is 7.00. The predicted molar refractivity (Wildman–Crippen MR) is 71.1 cm³/mol. The van der Waals surface area contributed by atoms with Crippen molar-refractivity contribution in [2.75, 3.05) is 12.4 Å². The molecule has 96 valence electrons. The average molecular weight is 276 g/mol. The summed E-state index contributed by atoms with van der Waals surface area (Å²) < 4.78 is 26.0. The molecule has 3 nitrogen and oxygen atoms in total. The van der Waals surface area contributed by atoms with Crippen molar-refractivity contribution in [2.45, 2.75) is 31.1 Å². The van der Waals surface area contributed by atoms with Crippen LogP contribution in [0.4, 0.5) is 0 Å². The Morgan fingerprint density at radius 2 is 1.88 bits per heavy atom. The largest absolute Gasteiger partial charge is 0.240 e. The molecule has 0 radical (unpaired) electrons. The van der Waals surface area contributed by atoms with Crippen LogP contribution in [0.25, 0.3) is 0 Å². The molecule has 17 heavy (non-hydrogen) atoms. The van der Waals surface area contributed by atoms with Gasteiger partial charge in [0.25, 0.3) is 0 Å². The molecule has 0 bridgehead atoms. The molecular formula is C12H18ClNO2S. The highest BCUT2D eigenvalue weighted by molar-refractivity contribution is 7.89. The molecule has 5 heteroatoms. The summed E-state index contributed by atoms with van der Waals surface area (Å²) in [4.78, 5) is 0.287. The minimum atomic E-state index is -3.41. The molecule has 0 spiro atoms. The zero-order valence-corrected chi connectivity index (χ0v) is 11.7. The molecule has 0 aromatic heterocycles. The maximum absolute atomic E-state index is 11.8. The minimum absolute atomic E-state index is 0.247. The van der Waals surface area contributed by atoms with Crippen LogP contribution in [-0.2, 0) is 10.0 Å². The van der Waals surface area contributed by atoms with Crippen LogP contribution >= 0.6 is 11.6 Å². The van der Waals surface area contributed by atoms with Crippen LogP contribution in [0.2, 0.25) is 0 Å². The molecule has 1 aromatic carbocycles. The molecule has 0 saturated heterocycles. The van der Waals surface area contributed by atoms with Crippen LogP contribution in [0.5, 0.6) is 0 Å². The van der Waals surface area contributed by atoms with E-state index in [0.717, 1.165) is 12.0 Å². The fourth-order valence-electron chi connectivity index (χ4n) is 1.47. The third-order valence-corrected chi connectivity index (χ3v) is 4.42. The highest BCUT2D eigenvalue weighted by Crippen LogP contribution is 2.20. The normalized spacial score (nSPS) is 13.6. The summed E-state index contributed by atoms with van der Waals surface area (Å²) in [5.74, 6) is 0.715. The maximum atomic E-state index is 11.8. The molecule has 1 N–H and O–H groups in total. The Morgan fingerprint density at radius 3 is 2.35 bits per heavy atom. The van der Waals surface area contributed by atoms with Gasteiger partial charge in [0.1, 0.15) is 0 Å².